The van der Waals surface area contributed by atoms with Gasteiger partial charge in [-0.25, -0.2) is 4.79 Å². The third-order valence-corrected chi connectivity index (χ3v) is 9.15. The minimum absolute atomic E-state index is 0.153. The van der Waals surface area contributed by atoms with Crippen molar-refractivity contribution in [3.8, 4) is 0 Å². The molecule has 2 atom stereocenters. The van der Waals surface area contributed by atoms with Crippen molar-refractivity contribution in [1.82, 2.24) is 4.90 Å². The summed E-state index contributed by atoms with van der Waals surface area (Å²) in [5.74, 6) is 0.153. The summed E-state index contributed by atoms with van der Waals surface area (Å²) in [6, 6.07) is 0. The zero-order valence-electron chi connectivity index (χ0n) is 16.1. The van der Waals surface area contributed by atoms with E-state index in [1.54, 1.807) is 4.90 Å². The number of aliphatic hydroxyl groups excluding tert-OH is 1. The van der Waals surface area contributed by atoms with Crippen molar-refractivity contribution in [3.05, 3.63) is 0 Å². The van der Waals surface area contributed by atoms with Gasteiger partial charge < -0.3 is 19.2 Å². The Morgan fingerprint density at radius 3 is 2.22 bits per heavy atom. The van der Waals surface area contributed by atoms with Gasteiger partial charge in [-0.1, -0.05) is 20.8 Å². The Labute approximate surface area is 142 Å². The van der Waals surface area contributed by atoms with Gasteiger partial charge in [-0.15, -0.1) is 0 Å². The number of rotatable bonds is 3. The Kier molecular flexibility index (Phi) is 6.32. The molecule has 0 aromatic heterocycles. The molecule has 1 heterocycles. The molecule has 136 valence electrons. The first kappa shape index (κ1) is 20.5. The molecule has 0 aliphatic carbocycles. The van der Waals surface area contributed by atoms with E-state index < -0.39 is 20.0 Å². The van der Waals surface area contributed by atoms with Crippen LogP contribution in [0, 0.1) is 5.92 Å². The van der Waals surface area contributed by atoms with Gasteiger partial charge >= 0.3 is 6.09 Å². The van der Waals surface area contributed by atoms with E-state index in [4.69, 9.17) is 9.16 Å². The van der Waals surface area contributed by atoms with Crippen LogP contribution in [0.25, 0.3) is 0 Å². The second-order valence-corrected chi connectivity index (χ2v) is 14.0. The predicted octanol–water partition coefficient (Wildman–Crippen LogP) is 3.63. The molecule has 5 nitrogen and oxygen atoms in total. The predicted molar refractivity (Wildman–Crippen MR) is 95.1 cm³/mol. The van der Waals surface area contributed by atoms with Gasteiger partial charge in [0.15, 0.2) is 8.32 Å². The topological polar surface area (TPSA) is 59.0 Å². The Morgan fingerprint density at radius 1 is 1.17 bits per heavy atom. The molecule has 0 aromatic rings. The van der Waals surface area contributed by atoms with E-state index in [2.05, 4.69) is 33.9 Å². The normalized spacial score (nSPS) is 23.8. The van der Waals surface area contributed by atoms with Crippen LogP contribution in [0.3, 0.4) is 0 Å². The fourth-order valence-electron chi connectivity index (χ4n) is 2.31. The molecule has 1 aliphatic rings. The first-order chi connectivity index (χ1) is 10.2. The molecule has 1 N–H and O–H groups in total. The summed E-state index contributed by atoms with van der Waals surface area (Å²) < 4.78 is 11.7. The zero-order valence-corrected chi connectivity index (χ0v) is 17.1. The van der Waals surface area contributed by atoms with Crippen LogP contribution in [-0.4, -0.2) is 55.8 Å². The Morgan fingerprint density at radius 2 is 1.74 bits per heavy atom. The van der Waals surface area contributed by atoms with Crippen molar-refractivity contribution in [1.29, 1.82) is 0 Å². The number of nitrogens with zero attached hydrogens (tertiary/aromatic N) is 1. The van der Waals surface area contributed by atoms with Crippen LogP contribution < -0.4 is 0 Å². The molecular formula is C17H35NO4Si. The zero-order chi connectivity index (χ0) is 18.1. The van der Waals surface area contributed by atoms with Crippen molar-refractivity contribution in [2.75, 3.05) is 19.7 Å². The second kappa shape index (κ2) is 7.11. The number of ether oxygens (including phenoxy) is 1. The van der Waals surface area contributed by atoms with Crippen molar-refractivity contribution in [3.63, 3.8) is 0 Å². The summed E-state index contributed by atoms with van der Waals surface area (Å²) in [7, 11) is -1.81. The van der Waals surface area contributed by atoms with Crippen LogP contribution in [0.4, 0.5) is 4.79 Å². The lowest BCUT2D eigenvalue weighted by Crippen LogP contribution is -2.50. The van der Waals surface area contributed by atoms with Crippen molar-refractivity contribution in [2.45, 2.75) is 77.8 Å². The quantitative estimate of drug-likeness (QED) is 0.794. The lowest BCUT2D eigenvalue weighted by atomic mass is 9.97. The summed E-state index contributed by atoms with van der Waals surface area (Å²) in [6.07, 6.45) is -0.189. The molecule has 0 saturated carbocycles. The van der Waals surface area contributed by atoms with Crippen LogP contribution in [0.1, 0.15) is 48.0 Å². The largest absolute Gasteiger partial charge is 0.444 e. The van der Waals surface area contributed by atoms with Gasteiger partial charge in [0.25, 0.3) is 0 Å². The van der Waals surface area contributed by atoms with E-state index in [0.717, 1.165) is 0 Å². The molecule has 23 heavy (non-hydrogen) atoms. The number of piperidine rings is 1. The van der Waals surface area contributed by atoms with Crippen molar-refractivity contribution >= 4 is 14.4 Å². The maximum Gasteiger partial charge on any atom is 0.410 e. The molecule has 0 spiro atoms. The maximum atomic E-state index is 12.2. The molecule has 6 heteroatoms. The number of aliphatic hydroxyl groups is 1. The minimum Gasteiger partial charge on any atom is -0.444 e. The first-order valence-corrected chi connectivity index (χ1v) is 11.4. The molecule has 1 amide bonds. The molecule has 0 bridgehead atoms. The monoisotopic (exact) mass is 345 g/mol. The number of likely N-dealkylation sites (tertiary alicyclic amines) is 1. The second-order valence-electron chi connectivity index (χ2n) is 9.21. The van der Waals surface area contributed by atoms with E-state index in [0.29, 0.717) is 26.1 Å². The smallest absolute Gasteiger partial charge is 0.410 e. The minimum atomic E-state index is -1.81. The summed E-state index contributed by atoms with van der Waals surface area (Å²) >= 11 is 0. The number of hydrogen-bond donors (Lipinski definition) is 1. The fourth-order valence-corrected chi connectivity index (χ4v) is 3.40. The number of carbonyl (C=O) groups excluding carboxylic acids is 1. The average Bonchev–Trinajstić information content (AvgIpc) is 2.32. The molecule has 0 radical (unpaired) electrons. The summed E-state index contributed by atoms with van der Waals surface area (Å²) in [4.78, 5) is 13.8. The Bertz CT molecular complexity index is 412. The Balaban J connectivity index is 2.63. The van der Waals surface area contributed by atoms with Gasteiger partial charge in [0, 0.05) is 25.6 Å². The molecule has 1 saturated heterocycles. The van der Waals surface area contributed by atoms with Crippen LogP contribution in [0.15, 0.2) is 0 Å². The molecule has 1 fully saturated rings. The van der Waals surface area contributed by atoms with Crippen molar-refractivity contribution < 1.29 is 19.1 Å². The van der Waals surface area contributed by atoms with E-state index in [9.17, 15) is 9.90 Å². The number of carbonyl (C=O) groups is 1. The van der Waals surface area contributed by atoms with Crippen LogP contribution >= 0.6 is 0 Å². The molecular weight excluding hydrogens is 310 g/mol. The third-order valence-electron chi connectivity index (χ3n) is 4.65. The van der Waals surface area contributed by atoms with Gasteiger partial charge in [0.1, 0.15) is 5.60 Å². The molecule has 1 aliphatic heterocycles. The lowest BCUT2D eigenvalue weighted by Gasteiger charge is -2.40. The average molecular weight is 346 g/mol. The summed E-state index contributed by atoms with van der Waals surface area (Å²) in [6.45, 7) is 18.1. The van der Waals surface area contributed by atoms with Crippen LogP contribution in [0.2, 0.25) is 18.1 Å². The van der Waals surface area contributed by atoms with Gasteiger partial charge in [0.05, 0.1) is 6.10 Å². The highest BCUT2D eigenvalue weighted by Gasteiger charge is 2.39. The van der Waals surface area contributed by atoms with E-state index in [-0.39, 0.29) is 17.0 Å². The first-order valence-electron chi connectivity index (χ1n) is 8.51. The Hall–Kier alpha value is -0.593. The molecule has 0 aromatic carbocycles. The third kappa shape index (κ3) is 6.43. The lowest BCUT2D eigenvalue weighted by molar-refractivity contribution is -0.0132. The number of hydrogen-bond acceptors (Lipinski definition) is 4. The fraction of sp³-hybridized carbons (Fsp3) is 0.941. The van der Waals surface area contributed by atoms with E-state index in [1.165, 1.54) is 0 Å². The number of amides is 1. The van der Waals surface area contributed by atoms with Crippen LogP contribution in [0.5, 0.6) is 0 Å². The highest BCUT2D eigenvalue weighted by Crippen LogP contribution is 2.37. The highest BCUT2D eigenvalue weighted by atomic mass is 28.4. The van der Waals surface area contributed by atoms with Crippen LogP contribution in [-0.2, 0) is 9.16 Å². The SMILES string of the molecule is CC(C)(C)OC(=O)N1C[C@H](O)C[C@H](CO[Si](C)(C)C(C)(C)C)C1. The van der Waals surface area contributed by atoms with Crippen molar-refractivity contribution in [2.24, 2.45) is 5.92 Å². The van der Waals surface area contributed by atoms with E-state index in [1.807, 2.05) is 20.8 Å². The van der Waals surface area contributed by atoms with Gasteiger partial charge in [0.2, 0.25) is 0 Å². The van der Waals surface area contributed by atoms with Gasteiger partial charge in [-0.2, -0.15) is 0 Å². The summed E-state index contributed by atoms with van der Waals surface area (Å²) in [5, 5.41) is 10.3. The van der Waals surface area contributed by atoms with E-state index >= 15 is 0 Å². The standard InChI is InChI=1S/C17H35NO4Si/c1-16(2,3)22-15(20)18-10-13(9-14(19)11-18)12-21-23(7,8)17(4,5)6/h13-14,19H,9-12H2,1-8H3/t13-,14+/m0/s1. The summed E-state index contributed by atoms with van der Waals surface area (Å²) in [5.41, 5.74) is -0.521. The number of β-amino-alcohol motifs (C(OH)–C–C–N with tert-alkyl or cyclic N) is 1. The maximum absolute atomic E-state index is 12.2. The molecule has 0 unspecified atom stereocenters. The highest BCUT2D eigenvalue weighted by molar-refractivity contribution is 6.74. The van der Waals surface area contributed by atoms with Gasteiger partial charge in [-0.3, -0.25) is 0 Å². The molecule has 1 rings (SSSR count). The van der Waals surface area contributed by atoms with Gasteiger partial charge in [-0.05, 0) is 45.3 Å².